The molecule has 2 aromatic heterocycles. The van der Waals surface area contributed by atoms with Crippen LogP contribution < -0.4 is 10.5 Å². The van der Waals surface area contributed by atoms with E-state index in [2.05, 4.69) is 10.1 Å². The first-order valence-electron chi connectivity index (χ1n) is 15.5. The van der Waals surface area contributed by atoms with Crippen LogP contribution >= 0.6 is 23.8 Å². The van der Waals surface area contributed by atoms with Gasteiger partial charge in [-0.05, 0) is 55.7 Å². The van der Waals surface area contributed by atoms with E-state index < -0.39 is 30.7 Å². The highest BCUT2D eigenvalue weighted by Gasteiger charge is 2.31. The fraction of sp³-hybridized carbons (Fsp3) is 0.353. The van der Waals surface area contributed by atoms with E-state index in [9.17, 15) is 18.0 Å². The van der Waals surface area contributed by atoms with Crippen molar-refractivity contribution in [1.82, 2.24) is 24.2 Å². The lowest BCUT2D eigenvalue weighted by Crippen LogP contribution is -2.39. The van der Waals surface area contributed by atoms with Crippen LogP contribution in [0, 0.1) is 0 Å². The molecule has 48 heavy (non-hydrogen) atoms. The maximum absolute atomic E-state index is 12.6. The second kappa shape index (κ2) is 13.8. The second-order valence-corrected chi connectivity index (χ2v) is 12.8. The van der Waals surface area contributed by atoms with Crippen LogP contribution in [0.2, 0.25) is 5.02 Å². The molecule has 9 nitrogen and oxygen atoms in total. The molecule has 0 spiro atoms. The molecule has 14 heteroatoms. The number of alkyl halides is 3. The number of halogens is 4. The van der Waals surface area contributed by atoms with E-state index in [1.54, 1.807) is 34.2 Å². The molecule has 4 aromatic rings. The number of ether oxygens (including phenoxy) is 2. The number of rotatable bonds is 10. The van der Waals surface area contributed by atoms with Gasteiger partial charge < -0.3 is 20.1 Å². The van der Waals surface area contributed by atoms with Crippen LogP contribution in [-0.4, -0.2) is 73.0 Å². The van der Waals surface area contributed by atoms with Crippen molar-refractivity contribution < 1.29 is 27.4 Å². The van der Waals surface area contributed by atoms with E-state index in [4.69, 9.17) is 39.0 Å². The van der Waals surface area contributed by atoms with Gasteiger partial charge in [-0.25, -0.2) is 4.98 Å². The highest BCUT2D eigenvalue weighted by atomic mass is 35.5. The summed E-state index contributed by atoms with van der Waals surface area (Å²) in [5, 5.41) is 4.61. The van der Waals surface area contributed by atoms with Crippen molar-refractivity contribution in [3.05, 3.63) is 83.4 Å². The Labute approximate surface area is 285 Å². The zero-order chi connectivity index (χ0) is 34.2. The van der Waals surface area contributed by atoms with Crippen molar-refractivity contribution in [1.29, 1.82) is 0 Å². The summed E-state index contributed by atoms with van der Waals surface area (Å²) in [6.45, 7) is 2.84. The smallest absolute Gasteiger partial charge is 0.390 e. The van der Waals surface area contributed by atoms with Crippen LogP contribution in [0.4, 0.5) is 13.2 Å². The predicted molar refractivity (Wildman–Crippen MR) is 182 cm³/mol. The number of thiocarbonyl (C=S) groups is 1. The van der Waals surface area contributed by atoms with Gasteiger partial charge in [0.1, 0.15) is 24.3 Å². The molecule has 0 saturated carbocycles. The molecule has 2 N–H and O–H groups in total. The lowest BCUT2D eigenvalue weighted by Gasteiger charge is -2.32. The van der Waals surface area contributed by atoms with Crippen LogP contribution in [0.25, 0.3) is 27.9 Å². The van der Waals surface area contributed by atoms with Crippen molar-refractivity contribution in [3.63, 3.8) is 0 Å². The molecular weight excluding hydrogens is 665 g/mol. The Kier molecular flexibility index (Phi) is 9.75. The SMILES string of the molecule is C[C@@H](OC1C=C(n2cnc3cc(-c4cnn(C)c4)ccc32)C=C(C(N)=O)C1=S)c1cccc(OC2CCN(CCC(F)(F)F)CC2)c1Cl. The van der Waals surface area contributed by atoms with Crippen molar-refractivity contribution >= 4 is 51.3 Å². The number of nitrogens with zero attached hydrogens (tertiary/aromatic N) is 5. The summed E-state index contributed by atoms with van der Waals surface area (Å²) in [5.74, 6) is -0.206. The topological polar surface area (TPSA) is 100 Å². The van der Waals surface area contributed by atoms with Crippen LogP contribution in [0.3, 0.4) is 0 Å². The molecular formula is C34H34ClF3N6O3S. The van der Waals surface area contributed by atoms with Crippen LogP contribution in [0.15, 0.2) is 72.8 Å². The van der Waals surface area contributed by atoms with Gasteiger partial charge in [-0.3, -0.25) is 14.0 Å². The molecule has 1 aliphatic carbocycles. The van der Waals surface area contributed by atoms with Gasteiger partial charge in [-0.15, -0.1) is 0 Å². The summed E-state index contributed by atoms with van der Waals surface area (Å²) in [6.07, 6.45) is 3.49. The van der Waals surface area contributed by atoms with E-state index in [1.807, 2.05) is 61.1 Å². The first kappa shape index (κ1) is 33.8. The van der Waals surface area contributed by atoms with Gasteiger partial charge >= 0.3 is 6.18 Å². The number of allylic oxidation sites excluding steroid dienone is 2. The zero-order valence-corrected chi connectivity index (χ0v) is 27.9. The van der Waals surface area contributed by atoms with Crippen molar-refractivity contribution in [2.75, 3.05) is 19.6 Å². The van der Waals surface area contributed by atoms with Crippen LogP contribution in [0.5, 0.6) is 5.75 Å². The maximum Gasteiger partial charge on any atom is 0.390 e. The number of hydrogen-bond donors (Lipinski definition) is 1. The number of imidazole rings is 1. The first-order valence-corrected chi connectivity index (χ1v) is 16.3. The number of hydrogen-bond acceptors (Lipinski definition) is 7. The number of carbonyl (C=O) groups excluding carboxylic acids is 1. The van der Waals surface area contributed by atoms with Gasteiger partial charge in [-0.2, -0.15) is 18.3 Å². The molecule has 6 rings (SSSR count). The number of aromatic nitrogens is 4. The van der Waals surface area contributed by atoms with Crippen molar-refractivity contribution in [3.8, 4) is 16.9 Å². The number of carbonyl (C=O) groups is 1. The average molecular weight is 699 g/mol. The number of benzene rings is 2. The third kappa shape index (κ3) is 7.49. The van der Waals surface area contributed by atoms with E-state index >= 15 is 0 Å². The minimum atomic E-state index is -4.17. The molecule has 1 saturated heterocycles. The van der Waals surface area contributed by atoms with Gasteiger partial charge in [-0.1, -0.05) is 42.0 Å². The molecule has 1 unspecified atom stereocenters. The molecule has 1 fully saturated rings. The fourth-order valence-corrected chi connectivity index (χ4v) is 6.61. The third-order valence-electron chi connectivity index (χ3n) is 8.59. The molecule has 2 aromatic carbocycles. The Hall–Kier alpha value is -4.04. The Morgan fingerprint density at radius 2 is 1.96 bits per heavy atom. The Morgan fingerprint density at radius 3 is 2.65 bits per heavy atom. The number of primary amides is 1. The van der Waals surface area contributed by atoms with Gasteiger partial charge in [0.15, 0.2) is 0 Å². The highest BCUT2D eigenvalue weighted by molar-refractivity contribution is 7.81. The summed E-state index contributed by atoms with van der Waals surface area (Å²) >= 11 is 12.5. The van der Waals surface area contributed by atoms with E-state index in [0.717, 1.165) is 22.2 Å². The molecule has 2 aliphatic rings. The second-order valence-electron chi connectivity index (χ2n) is 12.0. The quantitative estimate of drug-likeness (QED) is 0.185. The summed E-state index contributed by atoms with van der Waals surface area (Å²) in [7, 11) is 1.86. The Bertz CT molecular complexity index is 1910. The van der Waals surface area contributed by atoms with Gasteiger partial charge in [0.25, 0.3) is 0 Å². The Balaban J connectivity index is 1.18. The van der Waals surface area contributed by atoms with E-state index in [-0.39, 0.29) is 23.1 Å². The minimum Gasteiger partial charge on any atom is -0.489 e. The molecule has 3 heterocycles. The largest absolute Gasteiger partial charge is 0.489 e. The first-order chi connectivity index (χ1) is 22.9. The normalized spacial score (nSPS) is 18.5. The zero-order valence-electron chi connectivity index (χ0n) is 26.3. The van der Waals surface area contributed by atoms with Crippen molar-refractivity contribution in [2.24, 2.45) is 12.8 Å². The maximum atomic E-state index is 12.6. The lowest BCUT2D eigenvalue weighted by molar-refractivity contribution is -0.138. The average Bonchev–Trinajstić information content (AvgIpc) is 3.68. The van der Waals surface area contributed by atoms with Gasteiger partial charge in [0.2, 0.25) is 5.91 Å². The lowest BCUT2D eigenvalue weighted by atomic mass is 9.98. The number of piperidine rings is 1. The van der Waals surface area contributed by atoms with Gasteiger partial charge in [0, 0.05) is 49.7 Å². The molecule has 1 aliphatic heterocycles. The number of aryl methyl sites for hydroxylation is 1. The molecule has 252 valence electrons. The summed E-state index contributed by atoms with van der Waals surface area (Å²) in [5.41, 5.74) is 10.7. The molecule has 1 amide bonds. The summed E-state index contributed by atoms with van der Waals surface area (Å²) in [4.78, 5) is 19.2. The van der Waals surface area contributed by atoms with E-state index in [1.165, 1.54) is 0 Å². The minimum absolute atomic E-state index is 0.0165. The fourth-order valence-electron chi connectivity index (χ4n) is 6.00. The van der Waals surface area contributed by atoms with Crippen LogP contribution in [-0.2, 0) is 16.6 Å². The number of likely N-dealkylation sites (tertiary alicyclic amines) is 1. The summed E-state index contributed by atoms with van der Waals surface area (Å²) in [6, 6.07) is 11.3. The van der Waals surface area contributed by atoms with Crippen LogP contribution in [0.1, 0.15) is 37.9 Å². The molecule has 2 atom stereocenters. The molecule has 0 bridgehead atoms. The third-order valence-corrected chi connectivity index (χ3v) is 9.45. The van der Waals surface area contributed by atoms with E-state index in [0.29, 0.717) is 48.0 Å². The monoisotopic (exact) mass is 698 g/mol. The Morgan fingerprint density at radius 1 is 1.19 bits per heavy atom. The standard InChI is InChI=1S/C34H34ClF3N6O3S/c1-20(25-4-3-5-29(31(25)35)47-24-8-11-43(12-9-24)13-10-34(36,37)38)46-30-16-23(15-26(32(30)48)33(39)45)44-19-40-27-14-21(6-7-28(27)44)22-17-41-42(2)18-22/h3-7,14-20,24,30H,8-13H2,1-2H3,(H2,39,45)/t20-,30?/m1/s1. The van der Waals surface area contributed by atoms with Crippen molar-refractivity contribution in [2.45, 2.75) is 50.7 Å². The highest BCUT2D eigenvalue weighted by Crippen LogP contribution is 2.37. The number of nitrogens with two attached hydrogens (primary N) is 1. The summed E-state index contributed by atoms with van der Waals surface area (Å²) < 4.78 is 54.1. The molecule has 0 radical (unpaired) electrons. The van der Waals surface area contributed by atoms with Gasteiger partial charge in [0.05, 0.1) is 45.2 Å². The predicted octanol–water partition coefficient (Wildman–Crippen LogP) is 6.67. The number of amides is 1. The number of fused-ring (bicyclic) bond motifs is 1.